The Morgan fingerprint density at radius 2 is 2.14 bits per heavy atom. The first-order valence-corrected chi connectivity index (χ1v) is 6.87. The highest BCUT2D eigenvalue weighted by molar-refractivity contribution is 7.99. The van der Waals surface area contributed by atoms with Gasteiger partial charge in [-0.05, 0) is 25.8 Å². The van der Waals surface area contributed by atoms with E-state index in [-0.39, 0.29) is 6.61 Å². The standard InChI is InChI=1S/C11H23NOS/c1-2-7-12-10(8-13)9-14-11-5-3-4-6-11/h10-13H,2-9H2,1H3. The van der Waals surface area contributed by atoms with E-state index in [1.807, 2.05) is 11.8 Å². The predicted octanol–water partition coefficient (Wildman–Crippen LogP) is 2.02. The smallest absolute Gasteiger partial charge is 0.0592 e. The van der Waals surface area contributed by atoms with Crippen LogP contribution in [0.1, 0.15) is 39.0 Å². The van der Waals surface area contributed by atoms with Crippen LogP contribution in [0.15, 0.2) is 0 Å². The maximum absolute atomic E-state index is 9.15. The lowest BCUT2D eigenvalue weighted by Crippen LogP contribution is -2.35. The lowest BCUT2D eigenvalue weighted by atomic mass is 10.3. The van der Waals surface area contributed by atoms with Crippen LogP contribution in [-0.2, 0) is 0 Å². The lowest BCUT2D eigenvalue weighted by Gasteiger charge is -2.17. The van der Waals surface area contributed by atoms with Crippen molar-refractivity contribution in [3.63, 3.8) is 0 Å². The number of rotatable bonds is 7. The van der Waals surface area contributed by atoms with Crippen LogP contribution in [0.2, 0.25) is 0 Å². The molecular weight excluding hydrogens is 194 g/mol. The van der Waals surface area contributed by atoms with Crippen LogP contribution in [0.25, 0.3) is 0 Å². The number of thioether (sulfide) groups is 1. The van der Waals surface area contributed by atoms with Gasteiger partial charge in [0.2, 0.25) is 0 Å². The second-order valence-electron chi connectivity index (χ2n) is 4.07. The number of aliphatic hydroxyl groups is 1. The predicted molar refractivity (Wildman–Crippen MR) is 63.9 cm³/mol. The summed E-state index contributed by atoms with van der Waals surface area (Å²) < 4.78 is 0. The normalized spacial score (nSPS) is 20.1. The fraction of sp³-hybridized carbons (Fsp3) is 1.00. The van der Waals surface area contributed by atoms with Gasteiger partial charge in [0.15, 0.2) is 0 Å². The van der Waals surface area contributed by atoms with Gasteiger partial charge in [0.05, 0.1) is 6.61 Å². The van der Waals surface area contributed by atoms with Crippen LogP contribution < -0.4 is 5.32 Å². The SMILES string of the molecule is CCCNC(CO)CSC1CCCC1. The molecule has 0 radical (unpaired) electrons. The Bertz CT molecular complexity index is 137. The minimum absolute atomic E-state index is 0.278. The van der Waals surface area contributed by atoms with E-state index in [9.17, 15) is 0 Å². The van der Waals surface area contributed by atoms with Crippen LogP contribution in [0, 0.1) is 0 Å². The van der Waals surface area contributed by atoms with Crippen LogP contribution in [0.3, 0.4) is 0 Å². The summed E-state index contributed by atoms with van der Waals surface area (Å²) in [6.07, 6.45) is 6.73. The third kappa shape index (κ3) is 4.67. The Morgan fingerprint density at radius 3 is 2.71 bits per heavy atom. The maximum atomic E-state index is 9.15. The topological polar surface area (TPSA) is 32.3 Å². The van der Waals surface area contributed by atoms with Gasteiger partial charge in [0, 0.05) is 17.0 Å². The average Bonchev–Trinajstić information content (AvgIpc) is 2.71. The number of nitrogens with one attached hydrogen (secondary N) is 1. The molecule has 0 aromatic rings. The van der Waals surface area contributed by atoms with Crippen molar-refractivity contribution in [1.29, 1.82) is 0 Å². The molecule has 84 valence electrons. The molecule has 1 fully saturated rings. The highest BCUT2D eigenvalue weighted by atomic mass is 32.2. The molecule has 0 aromatic carbocycles. The van der Waals surface area contributed by atoms with Crippen molar-refractivity contribution in [2.45, 2.75) is 50.3 Å². The van der Waals surface area contributed by atoms with Gasteiger partial charge in [-0.1, -0.05) is 19.8 Å². The van der Waals surface area contributed by atoms with Crippen molar-refractivity contribution in [3.8, 4) is 0 Å². The summed E-state index contributed by atoms with van der Waals surface area (Å²) >= 11 is 2.04. The number of hydrogen-bond donors (Lipinski definition) is 2. The van der Waals surface area contributed by atoms with E-state index in [0.29, 0.717) is 6.04 Å². The Hall–Kier alpha value is 0.270. The number of aliphatic hydroxyl groups excluding tert-OH is 1. The molecule has 0 aromatic heterocycles. The van der Waals surface area contributed by atoms with Gasteiger partial charge < -0.3 is 10.4 Å². The van der Waals surface area contributed by atoms with Crippen LogP contribution in [0.5, 0.6) is 0 Å². The van der Waals surface area contributed by atoms with E-state index in [2.05, 4.69) is 12.2 Å². The van der Waals surface area contributed by atoms with Gasteiger partial charge in [-0.3, -0.25) is 0 Å². The van der Waals surface area contributed by atoms with E-state index in [1.54, 1.807) is 0 Å². The van der Waals surface area contributed by atoms with Gasteiger partial charge >= 0.3 is 0 Å². The summed E-state index contributed by atoms with van der Waals surface area (Å²) in [5, 5.41) is 13.4. The molecule has 1 atom stereocenters. The quantitative estimate of drug-likeness (QED) is 0.684. The largest absolute Gasteiger partial charge is 0.395 e. The van der Waals surface area contributed by atoms with Crippen molar-refractivity contribution in [2.75, 3.05) is 18.9 Å². The van der Waals surface area contributed by atoms with Gasteiger partial charge in [0.25, 0.3) is 0 Å². The molecule has 1 aliphatic carbocycles. The van der Waals surface area contributed by atoms with Crippen LogP contribution in [0.4, 0.5) is 0 Å². The number of hydrogen-bond acceptors (Lipinski definition) is 3. The van der Waals surface area contributed by atoms with Gasteiger partial charge in [-0.25, -0.2) is 0 Å². The highest BCUT2D eigenvalue weighted by Gasteiger charge is 2.17. The highest BCUT2D eigenvalue weighted by Crippen LogP contribution is 2.29. The fourth-order valence-corrected chi connectivity index (χ4v) is 3.23. The first-order chi connectivity index (χ1) is 6.86. The summed E-state index contributed by atoms with van der Waals surface area (Å²) in [5.74, 6) is 1.07. The zero-order chi connectivity index (χ0) is 10.2. The summed E-state index contributed by atoms with van der Waals surface area (Å²) in [5.41, 5.74) is 0. The van der Waals surface area contributed by atoms with Crippen LogP contribution in [-0.4, -0.2) is 35.3 Å². The van der Waals surface area contributed by atoms with Crippen molar-refractivity contribution in [3.05, 3.63) is 0 Å². The minimum Gasteiger partial charge on any atom is -0.395 e. The fourth-order valence-electron chi connectivity index (χ4n) is 1.83. The Kier molecular flexibility index (Phi) is 6.65. The minimum atomic E-state index is 0.278. The average molecular weight is 217 g/mol. The Morgan fingerprint density at radius 1 is 1.43 bits per heavy atom. The molecule has 3 heteroatoms. The van der Waals surface area contributed by atoms with Crippen molar-refractivity contribution >= 4 is 11.8 Å². The lowest BCUT2D eigenvalue weighted by molar-refractivity contribution is 0.254. The van der Waals surface area contributed by atoms with E-state index in [0.717, 1.165) is 24.0 Å². The van der Waals surface area contributed by atoms with Crippen molar-refractivity contribution in [2.24, 2.45) is 0 Å². The molecule has 0 bridgehead atoms. The Labute approximate surface area is 91.9 Å². The molecule has 0 amide bonds. The third-order valence-electron chi connectivity index (χ3n) is 2.74. The van der Waals surface area contributed by atoms with E-state index in [1.165, 1.54) is 25.7 Å². The molecular formula is C11H23NOS. The second-order valence-corrected chi connectivity index (χ2v) is 5.41. The van der Waals surface area contributed by atoms with E-state index >= 15 is 0 Å². The molecule has 2 N–H and O–H groups in total. The zero-order valence-electron chi connectivity index (χ0n) is 9.17. The van der Waals surface area contributed by atoms with Crippen molar-refractivity contribution < 1.29 is 5.11 Å². The molecule has 0 heterocycles. The molecule has 1 unspecified atom stereocenters. The van der Waals surface area contributed by atoms with Gasteiger partial charge in [-0.2, -0.15) is 11.8 Å². The molecule has 0 aliphatic heterocycles. The Balaban J connectivity index is 2.06. The van der Waals surface area contributed by atoms with E-state index < -0.39 is 0 Å². The molecule has 0 saturated heterocycles. The zero-order valence-corrected chi connectivity index (χ0v) is 9.98. The monoisotopic (exact) mass is 217 g/mol. The molecule has 1 saturated carbocycles. The molecule has 2 nitrogen and oxygen atoms in total. The summed E-state index contributed by atoms with van der Waals surface area (Å²) in [6.45, 7) is 3.46. The second kappa shape index (κ2) is 7.55. The molecule has 0 spiro atoms. The third-order valence-corrected chi connectivity index (χ3v) is 4.28. The first-order valence-electron chi connectivity index (χ1n) is 5.82. The van der Waals surface area contributed by atoms with E-state index in [4.69, 9.17) is 5.11 Å². The summed E-state index contributed by atoms with van der Waals surface area (Å²) in [7, 11) is 0. The van der Waals surface area contributed by atoms with Gasteiger partial charge in [0.1, 0.15) is 0 Å². The molecule has 1 aliphatic rings. The van der Waals surface area contributed by atoms with Crippen molar-refractivity contribution in [1.82, 2.24) is 5.32 Å². The molecule has 1 rings (SSSR count). The first kappa shape index (κ1) is 12.3. The van der Waals surface area contributed by atoms with Gasteiger partial charge in [-0.15, -0.1) is 0 Å². The summed E-state index contributed by atoms with van der Waals surface area (Å²) in [4.78, 5) is 0. The maximum Gasteiger partial charge on any atom is 0.0592 e. The summed E-state index contributed by atoms with van der Waals surface area (Å²) in [6, 6.07) is 0.306. The molecule has 14 heavy (non-hydrogen) atoms. The van der Waals surface area contributed by atoms with Crippen LogP contribution >= 0.6 is 11.8 Å².